The van der Waals surface area contributed by atoms with Crippen molar-refractivity contribution in [2.75, 3.05) is 25.0 Å². The van der Waals surface area contributed by atoms with E-state index in [0.717, 1.165) is 30.4 Å². The fraction of sp³-hybridized carbons (Fsp3) is 0.625. The average molecular weight is 260 g/mol. The Morgan fingerprint density at radius 1 is 1.37 bits per heavy atom. The number of hydrogen-bond donors (Lipinski definition) is 2. The summed E-state index contributed by atoms with van der Waals surface area (Å²) in [4.78, 5) is 0. The fourth-order valence-electron chi connectivity index (χ4n) is 3.00. The molecule has 0 bridgehead atoms. The van der Waals surface area contributed by atoms with Crippen molar-refractivity contribution in [1.82, 2.24) is 5.32 Å². The molecule has 0 amide bonds. The molecule has 2 aliphatic heterocycles. The number of hydrogen-bond acceptors (Lipinski definition) is 3. The number of benzene rings is 1. The third-order valence-electron chi connectivity index (χ3n) is 4.06. The molecule has 3 rings (SSSR count). The molecule has 0 aliphatic carbocycles. The lowest BCUT2D eigenvalue weighted by molar-refractivity contribution is 0.116. The quantitative estimate of drug-likeness (QED) is 0.858. The molecule has 0 spiro atoms. The summed E-state index contributed by atoms with van der Waals surface area (Å²) >= 11 is 0. The van der Waals surface area contributed by atoms with Gasteiger partial charge in [-0.15, -0.1) is 0 Å². The Labute approximate surface area is 115 Å². The molecule has 0 radical (unpaired) electrons. The van der Waals surface area contributed by atoms with Gasteiger partial charge in [0.2, 0.25) is 0 Å². The first-order valence-electron chi connectivity index (χ1n) is 7.39. The molecule has 1 aromatic rings. The molecular formula is C16H24N2O. The van der Waals surface area contributed by atoms with E-state index in [0.29, 0.717) is 0 Å². The van der Waals surface area contributed by atoms with Crippen LogP contribution in [0.1, 0.15) is 32.3 Å². The summed E-state index contributed by atoms with van der Waals surface area (Å²) < 4.78 is 5.99. The SMILES string of the molecule is CC1(C)CNc2cc(CC3CCCNC3)ccc2O1. The first kappa shape index (κ1) is 12.8. The molecule has 0 saturated carbocycles. The van der Waals surface area contributed by atoms with Gasteiger partial charge in [0, 0.05) is 0 Å². The molecule has 3 nitrogen and oxygen atoms in total. The molecule has 2 aliphatic rings. The second-order valence-electron chi connectivity index (χ2n) is 6.46. The zero-order chi connectivity index (χ0) is 13.3. The number of ether oxygens (including phenoxy) is 1. The van der Waals surface area contributed by atoms with E-state index in [1.54, 1.807) is 0 Å². The molecule has 3 heteroatoms. The van der Waals surface area contributed by atoms with Gasteiger partial charge in [0.05, 0.1) is 12.2 Å². The highest BCUT2D eigenvalue weighted by Gasteiger charge is 2.26. The summed E-state index contributed by atoms with van der Waals surface area (Å²) in [5.41, 5.74) is 2.46. The van der Waals surface area contributed by atoms with Gasteiger partial charge in [-0.3, -0.25) is 0 Å². The number of nitrogens with one attached hydrogen (secondary N) is 2. The van der Waals surface area contributed by atoms with E-state index in [9.17, 15) is 0 Å². The van der Waals surface area contributed by atoms with Crippen LogP contribution in [0.2, 0.25) is 0 Å². The lowest BCUT2D eigenvalue weighted by Gasteiger charge is -2.34. The minimum absolute atomic E-state index is 0.109. The normalized spacial score (nSPS) is 25.1. The molecule has 19 heavy (non-hydrogen) atoms. The maximum absolute atomic E-state index is 5.99. The molecule has 0 aromatic heterocycles. The van der Waals surface area contributed by atoms with Crippen LogP contribution < -0.4 is 15.4 Å². The van der Waals surface area contributed by atoms with E-state index in [2.05, 4.69) is 42.7 Å². The molecule has 1 atom stereocenters. The third kappa shape index (κ3) is 3.03. The van der Waals surface area contributed by atoms with Crippen molar-refractivity contribution in [1.29, 1.82) is 0 Å². The van der Waals surface area contributed by atoms with Crippen LogP contribution in [0.3, 0.4) is 0 Å². The Hall–Kier alpha value is -1.22. The first-order valence-corrected chi connectivity index (χ1v) is 7.39. The van der Waals surface area contributed by atoms with Gasteiger partial charge in [0.1, 0.15) is 11.4 Å². The van der Waals surface area contributed by atoms with Crippen molar-refractivity contribution in [2.45, 2.75) is 38.7 Å². The molecule has 104 valence electrons. The van der Waals surface area contributed by atoms with Crippen LogP contribution in [0.15, 0.2) is 18.2 Å². The van der Waals surface area contributed by atoms with Gasteiger partial charge in [-0.2, -0.15) is 0 Å². The fourth-order valence-corrected chi connectivity index (χ4v) is 3.00. The van der Waals surface area contributed by atoms with Crippen LogP contribution in [0, 0.1) is 5.92 Å². The van der Waals surface area contributed by atoms with Crippen molar-refractivity contribution in [3.8, 4) is 5.75 Å². The highest BCUT2D eigenvalue weighted by atomic mass is 16.5. The molecule has 1 fully saturated rings. The number of anilines is 1. The minimum atomic E-state index is -0.109. The van der Waals surface area contributed by atoms with Crippen molar-refractivity contribution in [3.63, 3.8) is 0 Å². The summed E-state index contributed by atoms with van der Waals surface area (Å²) in [7, 11) is 0. The zero-order valence-corrected chi connectivity index (χ0v) is 12.0. The van der Waals surface area contributed by atoms with E-state index < -0.39 is 0 Å². The summed E-state index contributed by atoms with van der Waals surface area (Å²) in [5, 5.41) is 6.98. The van der Waals surface area contributed by atoms with Crippen LogP contribution >= 0.6 is 0 Å². The van der Waals surface area contributed by atoms with E-state index in [-0.39, 0.29) is 5.60 Å². The molecule has 2 N–H and O–H groups in total. The standard InChI is InChI=1S/C16H24N2O/c1-16(2)11-18-14-9-12(5-6-15(14)19-16)8-13-4-3-7-17-10-13/h5-6,9,13,17-18H,3-4,7-8,10-11H2,1-2H3. The van der Waals surface area contributed by atoms with Crippen LogP contribution in [0.25, 0.3) is 0 Å². The molecule has 1 saturated heterocycles. The van der Waals surface area contributed by atoms with Crippen molar-refractivity contribution in [2.24, 2.45) is 5.92 Å². The maximum Gasteiger partial charge on any atom is 0.143 e. The van der Waals surface area contributed by atoms with Crippen molar-refractivity contribution >= 4 is 5.69 Å². The summed E-state index contributed by atoms with van der Waals surface area (Å²) in [6.07, 6.45) is 3.83. The van der Waals surface area contributed by atoms with Gasteiger partial charge in [-0.05, 0) is 69.8 Å². The van der Waals surface area contributed by atoms with Gasteiger partial charge in [0.25, 0.3) is 0 Å². The van der Waals surface area contributed by atoms with Crippen LogP contribution in [0.5, 0.6) is 5.75 Å². The van der Waals surface area contributed by atoms with Crippen molar-refractivity contribution in [3.05, 3.63) is 23.8 Å². The van der Waals surface area contributed by atoms with E-state index in [1.807, 2.05) is 0 Å². The second-order valence-corrected chi connectivity index (χ2v) is 6.46. The number of piperidine rings is 1. The van der Waals surface area contributed by atoms with Gasteiger partial charge in [0.15, 0.2) is 0 Å². The summed E-state index contributed by atoms with van der Waals surface area (Å²) in [6.45, 7) is 7.45. The Balaban J connectivity index is 1.71. The third-order valence-corrected chi connectivity index (χ3v) is 4.06. The molecule has 1 aromatic carbocycles. The molecular weight excluding hydrogens is 236 g/mol. The Bertz CT molecular complexity index is 450. The lowest BCUT2D eigenvalue weighted by Crippen LogP contribution is -2.40. The van der Waals surface area contributed by atoms with E-state index in [1.165, 1.54) is 31.4 Å². The van der Waals surface area contributed by atoms with Gasteiger partial charge < -0.3 is 15.4 Å². The van der Waals surface area contributed by atoms with E-state index in [4.69, 9.17) is 4.74 Å². The van der Waals surface area contributed by atoms with Crippen LogP contribution in [-0.2, 0) is 6.42 Å². The van der Waals surface area contributed by atoms with Gasteiger partial charge >= 0.3 is 0 Å². The highest BCUT2D eigenvalue weighted by Crippen LogP contribution is 2.34. The maximum atomic E-state index is 5.99. The largest absolute Gasteiger partial charge is 0.484 e. The topological polar surface area (TPSA) is 33.3 Å². The van der Waals surface area contributed by atoms with Gasteiger partial charge in [-0.25, -0.2) is 0 Å². The van der Waals surface area contributed by atoms with E-state index >= 15 is 0 Å². The monoisotopic (exact) mass is 260 g/mol. The Kier molecular flexibility index (Phi) is 3.40. The van der Waals surface area contributed by atoms with Crippen LogP contribution in [-0.4, -0.2) is 25.2 Å². The van der Waals surface area contributed by atoms with Gasteiger partial charge in [-0.1, -0.05) is 6.07 Å². The van der Waals surface area contributed by atoms with Crippen molar-refractivity contribution < 1.29 is 4.74 Å². The average Bonchev–Trinajstić information content (AvgIpc) is 2.39. The minimum Gasteiger partial charge on any atom is -0.484 e. The lowest BCUT2D eigenvalue weighted by atomic mass is 9.92. The number of fused-ring (bicyclic) bond motifs is 1. The summed E-state index contributed by atoms with van der Waals surface area (Å²) in [6, 6.07) is 6.60. The predicted octanol–water partition coefficient (Wildman–Crippen LogP) is 2.81. The van der Waals surface area contributed by atoms with Crippen LogP contribution in [0.4, 0.5) is 5.69 Å². The predicted molar refractivity (Wildman–Crippen MR) is 78.9 cm³/mol. The second kappa shape index (κ2) is 5.04. The number of rotatable bonds is 2. The first-order chi connectivity index (χ1) is 9.12. The molecule has 1 unspecified atom stereocenters. The molecule has 2 heterocycles. The Morgan fingerprint density at radius 2 is 2.26 bits per heavy atom. The Morgan fingerprint density at radius 3 is 3.05 bits per heavy atom. The highest BCUT2D eigenvalue weighted by molar-refractivity contribution is 5.60. The smallest absolute Gasteiger partial charge is 0.143 e. The zero-order valence-electron chi connectivity index (χ0n) is 12.0. The summed E-state index contributed by atoms with van der Waals surface area (Å²) in [5.74, 6) is 1.77.